The number of carbonyl (C=O) groups excluding carboxylic acids is 4. The highest BCUT2D eigenvalue weighted by Gasteiger charge is 2.09. The molecule has 36 heavy (non-hydrogen) atoms. The molecular weight excluding hydrogens is 450 g/mol. The normalized spacial score (nSPS) is 10.0. The zero-order chi connectivity index (χ0) is 29.6. The summed E-state index contributed by atoms with van der Waals surface area (Å²) in [5.74, 6) is 6.38. The number of carbonyl (C=O) groups is 4. The van der Waals surface area contributed by atoms with Gasteiger partial charge in [0.25, 0.3) is 0 Å². The fourth-order valence-electron chi connectivity index (χ4n) is 1.93. The third-order valence-corrected chi connectivity index (χ3v) is 4.73. The highest BCUT2D eigenvalue weighted by Crippen LogP contribution is 2.09. The molecule has 0 aromatic heterocycles. The number of hydrogen-bond donors (Lipinski definition) is 0. The number of nitrogens with zero attached hydrogens (tertiary/aromatic N) is 1. The molecule has 0 aliphatic rings. The van der Waals surface area contributed by atoms with E-state index in [4.69, 9.17) is 0 Å². The summed E-state index contributed by atoms with van der Waals surface area (Å²) in [6.07, 6.45) is 4.23. The molecule has 0 rings (SSSR count). The highest BCUT2D eigenvalue weighted by atomic mass is 16.1. The summed E-state index contributed by atoms with van der Waals surface area (Å²) in [5, 5.41) is 0. The molecule has 0 aliphatic carbocycles. The third kappa shape index (κ3) is 27.9. The van der Waals surface area contributed by atoms with Gasteiger partial charge in [-0.15, -0.1) is 0 Å². The van der Waals surface area contributed by atoms with Crippen LogP contribution in [0.3, 0.4) is 0 Å². The summed E-state index contributed by atoms with van der Waals surface area (Å²) in [6, 6.07) is 0. The first kappa shape index (κ1) is 40.8. The molecule has 0 aliphatic heterocycles. The van der Waals surface area contributed by atoms with Gasteiger partial charge in [-0.1, -0.05) is 79.9 Å². The van der Waals surface area contributed by atoms with Crippen LogP contribution in [0.25, 0.3) is 0 Å². The van der Waals surface area contributed by atoms with Gasteiger partial charge >= 0.3 is 0 Å². The molecule has 0 saturated heterocycles. The Morgan fingerprint density at radius 3 is 1.42 bits per heavy atom. The smallest absolute Gasteiger partial charge is 0.207 e. The lowest BCUT2D eigenvalue weighted by atomic mass is 9.99. The van der Waals surface area contributed by atoms with Crippen LogP contribution < -0.4 is 0 Å². The molecule has 5 nitrogen and oxygen atoms in total. The van der Waals surface area contributed by atoms with Crippen LogP contribution in [0.2, 0.25) is 0 Å². The van der Waals surface area contributed by atoms with Gasteiger partial charge in [0.2, 0.25) is 5.78 Å². The van der Waals surface area contributed by atoms with Crippen molar-refractivity contribution in [2.24, 2.45) is 23.7 Å². The molecule has 0 saturated carbocycles. The standard InChI is InChI=1S/C9H17NO.C9H16O.C7H10O.C6H12O/c1-8(2)9(11)6-5-7-10(3)4;1-6(2)8(5)9(10)7(3)4;1-4-5-7(8)6(2)3;1-4-6(7)5(2)3/h5-6,8H,7H2,1-4H3;7H,1-5H3;6H,1-3H3;5H,4H2,1-3H3/b6-5+;;;. The maximum atomic E-state index is 11.2. The summed E-state index contributed by atoms with van der Waals surface area (Å²) in [5.41, 5.74) is 2.04. The lowest BCUT2D eigenvalue weighted by Crippen LogP contribution is -2.11. The van der Waals surface area contributed by atoms with E-state index >= 15 is 0 Å². The van der Waals surface area contributed by atoms with Crippen molar-refractivity contribution in [3.8, 4) is 11.8 Å². The Labute approximate surface area is 223 Å². The van der Waals surface area contributed by atoms with Crippen LogP contribution in [0.4, 0.5) is 0 Å². The summed E-state index contributed by atoms with van der Waals surface area (Å²) < 4.78 is 0. The fraction of sp³-hybridized carbons (Fsp3) is 0.677. The number of Topliss-reactive ketones (excluding diaryl/α,β-unsaturated/α-hetero) is 3. The molecule has 0 fully saturated rings. The highest BCUT2D eigenvalue weighted by molar-refractivity contribution is 5.97. The Kier molecular flexibility index (Phi) is 27.7. The minimum absolute atomic E-state index is 0.0208. The minimum atomic E-state index is 0.0208. The van der Waals surface area contributed by atoms with Gasteiger partial charge in [-0.05, 0) is 59.4 Å². The molecule has 5 heteroatoms. The zero-order valence-electron chi connectivity index (χ0n) is 26.0. The minimum Gasteiger partial charge on any atom is -0.306 e. The van der Waals surface area contributed by atoms with Crippen molar-refractivity contribution in [3.63, 3.8) is 0 Å². The first-order chi connectivity index (χ1) is 16.4. The van der Waals surface area contributed by atoms with Crippen molar-refractivity contribution >= 4 is 23.1 Å². The van der Waals surface area contributed by atoms with E-state index in [-0.39, 0.29) is 41.0 Å². The van der Waals surface area contributed by atoms with Gasteiger partial charge in [-0.3, -0.25) is 19.2 Å². The molecule has 0 atom stereocenters. The number of likely N-dealkylation sites (N-methyl/N-ethyl adjacent to an activating group) is 1. The van der Waals surface area contributed by atoms with Crippen LogP contribution in [-0.2, 0) is 19.2 Å². The van der Waals surface area contributed by atoms with Gasteiger partial charge < -0.3 is 4.90 Å². The molecule has 0 aromatic rings. The summed E-state index contributed by atoms with van der Waals surface area (Å²) in [6.45, 7) is 25.4. The zero-order valence-corrected chi connectivity index (χ0v) is 26.0. The number of ketones is 4. The monoisotopic (exact) mass is 505 g/mol. The Balaban J connectivity index is -0.000000192. The molecular formula is C31H55NO4. The van der Waals surface area contributed by atoms with Crippen molar-refractivity contribution in [2.75, 3.05) is 20.6 Å². The molecule has 0 amide bonds. The van der Waals surface area contributed by atoms with E-state index in [1.165, 1.54) is 0 Å². The van der Waals surface area contributed by atoms with Crippen LogP contribution in [0, 0.1) is 35.5 Å². The molecule has 0 aromatic carbocycles. The first-order valence-electron chi connectivity index (χ1n) is 12.9. The summed E-state index contributed by atoms with van der Waals surface area (Å²) in [7, 11) is 3.95. The lowest BCUT2D eigenvalue weighted by Gasteiger charge is -2.04. The van der Waals surface area contributed by atoms with Gasteiger partial charge in [0.05, 0.1) is 0 Å². The van der Waals surface area contributed by atoms with Crippen molar-refractivity contribution in [3.05, 3.63) is 23.3 Å². The van der Waals surface area contributed by atoms with Crippen molar-refractivity contribution in [1.29, 1.82) is 0 Å². The summed E-state index contributed by atoms with van der Waals surface area (Å²) >= 11 is 0. The number of allylic oxidation sites excluding steroid dienone is 3. The second-order valence-corrected chi connectivity index (χ2v) is 10.2. The Bertz CT molecular complexity index is 766. The predicted molar refractivity (Wildman–Crippen MR) is 155 cm³/mol. The lowest BCUT2D eigenvalue weighted by molar-refractivity contribution is -0.121. The van der Waals surface area contributed by atoms with Crippen LogP contribution >= 0.6 is 0 Å². The first-order valence-corrected chi connectivity index (χ1v) is 12.9. The second kappa shape index (κ2) is 24.4. The van der Waals surface area contributed by atoms with Gasteiger partial charge in [0.1, 0.15) is 5.78 Å². The SMILES string of the molecule is CC#CC(=O)C(C)C.CC(C)=C(C)C(=O)C(C)C.CC(C)C(=O)/C=C/CN(C)C.CCC(=O)C(C)C. The van der Waals surface area contributed by atoms with Crippen LogP contribution in [-0.4, -0.2) is 48.7 Å². The Hall–Kier alpha value is -2.32. The molecule has 0 bridgehead atoms. The van der Waals surface area contributed by atoms with Crippen molar-refractivity contribution in [2.45, 2.75) is 96.4 Å². The average molecular weight is 506 g/mol. The van der Waals surface area contributed by atoms with Gasteiger partial charge in [0, 0.05) is 36.6 Å². The second-order valence-electron chi connectivity index (χ2n) is 10.2. The Morgan fingerprint density at radius 2 is 1.25 bits per heavy atom. The van der Waals surface area contributed by atoms with E-state index in [9.17, 15) is 19.2 Å². The average Bonchev–Trinajstić information content (AvgIpc) is 2.78. The maximum Gasteiger partial charge on any atom is 0.207 e. The van der Waals surface area contributed by atoms with Crippen LogP contribution in [0.15, 0.2) is 23.3 Å². The topological polar surface area (TPSA) is 71.5 Å². The predicted octanol–water partition coefficient (Wildman–Crippen LogP) is 6.75. The molecule has 208 valence electrons. The number of rotatable bonds is 9. The van der Waals surface area contributed by atoms with E-state index in [0.29, 0.717) is 12.2 Å². The molecule has 0 radical (unpaired) electrons. The van der Waals surface area contributed by atoms with Gasteiger partial charge in [-0.25, -0.2) is 0 Å². The maximum absolute atomic E-state index is 11.2. The molecule has 0 unspecified atom stereocenters. The van der Waals surface area contributed by atoms with Crippen molar-refractivity contribution in [1.82, 2.24) is 4.90 Å². The van der Waals surface area contributed by atoms with E-state index in [0.717, 1.165) is 17.7 Å². The fourth-order valence-corrected chi connectivity index (χ4v) is 1.93. The van der Waals surface area contributed by atoms with Crippen LogP contribution in [0.5, 0.6) is 0 Å². The quantitative estimate of drug-likeness (QED) is 0.197. The molecule has 0 spiro atoms. The number of hydrogen-bond acceptors (Lipinski definition) is 5. The summed E-state index contributed by atoms with van der Waals surface area (Å²) in [4.78, 5) is 45.3. The largest absolute Gasteiger partial charge is 0.306 e. The van der Waals surface area contributed by atoms with E-state index in [2.05, 4.69) is 11.8 Å². The molecule has 0 N–H and O–H groups in total. The molecule has 0 heterocycles. The van der Waals surface area contributed by atoms with Crippen LogP contribution in [0.1, 0.15) is 96.4 Å². The van der Waals surface area contributed by atoms with Crippen molar-refractivity contribution < 1.29 is 19.2 Å². The third-order valence-electron chi connectivity index (χ3n) is 4.73. The van der Waals surface area contributed by atoms with Gasteiger partial charge in [-0.2, -0.15) is 0 Å². The van der Waals surface area contributed by atoms with Gasteiger partial charge in [0.15, 0.2) is 11.6 Å². The Morgan fingerprint density at radius 1 is 0.778 bits per heavy atom. The van der Waals surface area contributed by atoms with E-state index in [1.54, 1.807) is 13.0 Å². The van der Waals surface area contributed by atoms with E-state index < -0.39 is 0 Å². The van der Waals surface area contributed by atoms with E-state index in [1.807, 2.05) is 108 Å².